The Balaban J connectivity index is 1.92. The third-order valence-electron chi connectivity index (χ3n) is 4.09. The summed E-state index contributed by atoms with van der Waals surface area (Å²) in [7, 11) is 3.61. The Bertz CT molecular complexity index is 523. The summed E-state index contributed by atoms with van der Waals surface area (Å²) in [4.78, 5) is 15.8. The van der Waals surface area contributed by atoms with E-state index in [1.54, 1.807) is 25.1 Å². The number of nitrogens with one attached hydrogen (secondary N) is 1. The van der Waals surface area contributed by atoms with Crippen molar-refractivity contribution in [3.8, 4) is 0 Å². The molecule has 0 spiro atoms. The number of urea groups is 1. The summed E-state index contributed by atoms with van der Waals surface area (Å²) in [6.45, 7) is 6.29. The molecule has 1 aromatic carbocycles. The van der Waals surface area contributed by atoms with E-state index >= 15 is 0 Å². The predicted octanol–water partition coefficient (Wildman–Crippen LogP) is 3.08. The monoisotopic (exact) mass is 307 g/mol. The molecule has 1 N–H and O–H groups in total. The van der Waals surface area contributed by atoms with Crippen LogP contribution < -0.4 is 10.2 Å². The van der Waals surface area contributed by atoms with Crippen LogP contribution in [-0.2, 0) is 6.54 Å². The number of nitrogens with zero attached hydrogens (tertiary/aromatic N) is 2. The van der Waals surface area contributed by atoms with Gasteiger partial charge in [-0.25, -0.2) is 9.18 Å². The SMILES string of the molecule is CC1CC(C)CN(C(=O)NCc2ccc(N(C)C)c(F)c2)C1. The van der Waals surface area contributed by atoms with Gasteiger partial charge in [0.15, 0.2) is 0 Å². The highest BCUT2D eigenvalue weighted by atomic mass is 19.1. The minimum Gasteiger partial charge on any atom is -0.375 e. The lowest BCUT2D eigenvalue weighted by Gasteiger charge is -2.34. The van der Waals surface area contributed by atoms with Gasteiger partial charge >= 0.3 is 6.03 Å². The van der Waals surface area contributed by atoms with E-state index in [0.717, 1.165) is 18.7 Å². The highest BCUT2D eigenvalue weighted by Crippen LogP contribution is 2.21. The fraction of sp³-hybridized carbons (Fsp3) is 0.588. The lowest BCUT2D eigenvalue weighted by Crippen LogP contribution is -2.47. The minimum absolute atomic E-state index is 0.0597. The van der Waals surface area contributed by atoms with Gasteiger partial charge in [-0.3, -0.25) is 0 Å². The first-order chi connectivity index (χ1) is 10.4. The van der Waals surface area contributed by atoms with Crippen LogP contribution >= 0.6 is 0 Å². The molecule has 0 aliphatic carbocycles. The average molecular weight is 307 g/mol. The Morgan fingerprint density at radius 1 is 1.32 bits per heavy atom. The normalized spacial score (nSPS) is 21.6. The first-order valence-electron chi connectivity index (χ1n) is 7.85. The number of carbonyl (C=O) groups excluding carboxylic acids is 1. The fourth-order valence-corrected chi connectivity index (χ4v) is 3.14. The van der Waals surface area contributed by atoms with Crippen LogP contribution in [0, 0.1) is 17.7 Å². The number of amides is 2. The van der Waals surface area contributed by atoms with Gasteiger partial charge < -0.3 is 15.1 Å². The van der Waals surface area contributed by atoms with Crippen molar-refractivity contribution in [2.24, 2.45) is 11.8 Å². The van der Waals surface area contributed by atoms with Gasteiger partial charge in [-0.15, -0.1) is 0 Å². The van der Waals surface area contributed by atoms with E-state index < -0.39 is 0 Å². The zero-order valence-electron chi connectivity index (χ0n) is 13.9. The Morgan fingerprint density at radius 2 is 1.95 bits per heavy atom. The van der Waals surface area contributed by atoms with E-state index in [9.17, 15) is 9.18 Å². The van der Waals surface area contributed by atoms with Crippen LogP contribution in [0.2, 0.25) is 0 Å². The molecule has 22 heavy (non-hydrogen) atoms. The largest absolute Gasteiger partial charge is 0.375 e. The molecule has 0 radical (unpaired) electrons. The molecule has 1 fully saturated rings. The van der Waals surface area contributed by atoms with Crippen LogP contribution in [0.4, 0.5) is 14.9 Å². The molecule has 2 unspecified atom stereocenters. The Kier molecular flexibility index (Phi) is 5.27. The van der Waals surface area contributed by atoms with Crippen LogP contribution in [0.25, 0.3) is 0 Å². The quantitative estimate of drug-likeness (QED) is 0.931. The summed E-state index contributed by atoms with van der Waals surface area (Å²) in [5.74, 6) is 0.801. The maximum Gasteiger partial charge on any atom is 0.317 e. The van der Waals surface area contributed by atoms with Crippen molar-refractivity contribution < 1.29 is 9.18 Å². The van der Waals surface area contributed by atoms with Gasteiger partial charge in [0.1, 0.15) is 5.82 Å². The van der Waals surface area contributed by atoms with E-state index in [2.05, 4.69) is 19.2 Å². The predicted molar refractivity (Wildman–Crippen MR) is 87.5 cm³/mol. The Labute approximate surface area is 132 Å². The average Bonchev–Trinajstić information content (AvgIpc) is 2.43. The van der Waals surface area contributed by atoms with Crippen LogP contribution in [0.15, 0.2) is 18.2 Å². The van der Waals surface area contributed by atoms with Crippen molar-refractivity contribution in [3.05, 3.63) is 29.6 Å². The molecular formula is C17H26FN3O. The van der Waals surface area contributed by atoms with Gasteiger partial charge in [0.05, 0.1) is 5.69 Å². The number of benzene rings is 1. The molecule has 1 heterocycles. The number of rotatable bonds is 3. The summed E-state index contributed by atoms with van der Waals surface area (Å²) in [6, 6.07) is 5.01. The summed E-state index contributed by atoms with van der Waals surface area (Å²) >= 11 is 0. The summed E-state index contributed by atoms with van der Waals surface area (Å²) in [5.41, 5.74) is 1.32. The molecule has 5 heteroatoms. The molecule has 4 nitrogen and oxygen atoms in total. The van der Waals surface area contributed by atoms with E-state index in [0.29, 0.717) is 24.1 Å². The maximum atomic E-state index is 13.9. The standard InChI is InChI=1S/C17H26FN3O/c1-12-7-13(2)11-21(10-12)17(22)19-9-14-5-6-16(20(3)4)15(18)8-14/h5-6,8,12-13H,7,9-11H2,1-4H3,(H,19,22). The molecule has 2 rings (SSSR count). The smallest absolute Gasteiger partial charge is 0.317 e. The van der Waals surface area contributed by atoms with Crippen LogP contribution in [-0.4, -0.2) is 38.1 Å². The van der Waals surface area contributed by atoms with Gasteiger partial charge in [-0.2, -0.15) is 0 Å². The summed E-state index contributed by atoms with van der Waals surface area (Å²) in [6.07, 6.45) is 1.17. The van der Waals surface area contributed by atoms with Gasteiger partial charge in [-0.1, -0.05) is 19.9 Å². The molecule has 0 saturated carbocycles. The Morgan fingerprint density at radius 3 is 2.50 bits per heavy atom. The number of carbonyl (C=O) groups is 1. The van der Waals surface area contributed by atoms with E-state index in [1.165, 1.54) is 12.5 Å². The molecule has 2 atom stereocenters. The second-order valence-corrected chi connectivity index (χ2v) is 6.69. The Hall–Kier alpha value is -1.78. The molecule has 1 aromatic rings. The lowest BCUT2D eigenvalue weighted by molar-refractivity contribution is 0.146. The van der Waals surface area contributed by atoms with Crippen molar-refractivity contribution in [1.82, 2.24) is 10.2 Å². The number of hydrogen-bond acceptors (Lipinski definition) is 2. The third-order valence-corrected chi connectivity index (χ3v) is 4.09. The number of hydrogen-bond donors (Lipinski definition) is 1. The van der Waals surface area contributed by atoms with E-state index in [-0.39, 0.29) is 11.8 Å². The third kappa shape index (κ3) is 4.12. The van der Waals surface area contributed by atoms with Crippen molar-refractivity contribution in [3.63, 3.8) is 0 Å². The molecule has 0 aromatic heterocycles. The van der Waals surface area contributed by atoms with Gasteiger partial charge in [-0.05, 0) is 36.0 Å². The van der Waals surface area contributed by atoms with Crippen LogP contribution in [0.3, 0.4) is 0 Å². The minimum atomic E-state index is -0.267. The van der Waals surface area contributed by atoms with Crippen molar-refractivity contribution in [2.75, 3.05) is 32.1 Å². The highest BCUT2D eigenvalue weighted by Gasteiger charge is 2.25. The maximum absolute atomic E-state index is 13.9. The van der Waals surface area contributed by atoms with Gasteiger partial charge in [0.2, 0.25) is 0 Å². The second kappa shape index (κ2) is 6.99. The van der Waals surface area contributed by atoms with Crippen molar-refractivity contribution in [1.29, 1.82) is 0 Å². The molecule has 1 aliphatic rings. The molecule has 1 saturated heterocycles. The fourth-order valence-electron chi connectivity index (χ4n) is 3.14. The lowest BCUT2D eigenvalue weighted by atomic mass is 9.92. The van der Waals surface area contributed by atoms with Crippen LogP contribution in [0.1, 0.15) is 25.8 Å². The molecule has 122 valence electrons. The zero-order valence-corrected chi connectivity index (χ0v) is 13.9. The highest BCUT2D eigenvalue weighted by molar-refractivity contribution is 5.74. The number of halogens is 1. The number of likely N-dealkylation sites (tertiary alicyclic amines) is 1. The zero-order chi connectivity index (χ0) is 16.3. The molecule has 2 amide bonds. The summed E-state index contributed by atoms with van der Waals surface area (Å²) < 4.78 is 13.9. The molecular weight excluding hydrogens is 281 g/mol. The molecule has 1 aliphatic heterocycles. The van der Waals surface area contributed by atoms with Crippen LogP contribution in [0.5, 0.6) is 0 Å². The number of piperidine rings is 1. The van der Waals surface area contributed by atoms with E-state index in [1.807, 2.05) is 11.0 Å². The van der Waals surface area contributed by atoms with E-state index in [4.69, 9.17) is 0 Å². The van der Waals surface area contributed by atoms with Crippen molar-refractivity contribution in [2.45, 2.75) is 26.8 Å². The second-order valence-electron chi connectivity index (χ2n) is 6.69. The summed E-state index contributed by atoms with van der Waals surface area (Å²) in [5, 5.41) is 2.89. The van der Waals surface area contributed by atoms with Gasteiger partial charge in [0, 0.05) is 33.7 Å². The molecule has 0 bridgehead atoms. The van der Waals surface area contributed by atoms with Gasteiger partial charge in [0.25, 0.3) is 0 Å². The van der Waals surface area contributed by atoms with Crippen molar-refractivity contribution >= 4 is 11.7 Å². The topological polar surface area (TPSA) is 35.6 Å². The number of anilines is 1. The first-order valence-corrected chi connectivity index (χ1v) is 7.85. The first kappa shape index (κ1) is 16.6.